The summed E-state index contributed by atoms with van der Waals surface area (Å²) in [6.07, 6.45) is 4.31. The van der Waals surface area contributed by atoms with Crippen LogP contribution >= 0.6 is 11.6 Å². The summed E-state index contributed by atoms with van der Waals surface area (Å²) in [7, 11) is -1.88. The van der Waals surface area contributed by atoms with Crippen molar-refractivity contribution in [1.82, 2.24) is 14.9 Å². The molecule has 112 valence electrons. The van der Waals surface area contributed by atoms with Crippen molar-refractivity contribution in [2.45, 2.75) is 11.4 Å². The minimum absolute atomic E-state index is 0.0542. The molecule has 21 heavy (non-hydrogen) atoms. The summed E-state index contributed by atoms with van der Waals surface area (Å²) in [5.74, 6) is 0.330. The number of aromatic nitrogens is 2. The van der Waals surface area contributed by atoms with E-state index < -0.39 is 9.84 Å². The summed E-state index contributed by atoms with van der Waals surface area (Å²) in [4.78, 5) is 20.6. The molecular formula is C13H14ClN3O3S. The third kappa shape index (κ3) is 3.62. The quantitative estimate of drug-likeness (QED) is 0.927. The Balaban J connectivity index is 2.27. The summed E-state index contributed by atoms with van der Waals surface area (Å²) in [5, 5.41) is 0.0998. The summed E-state index contributed by atoms with van der Waals surface area (Å²) in [6.45, 7) is 0.294. The van der Waals surface area contributed by atoms with Crippen LogP contribution in [0.1, 0.15) is 16.2 Å². The molecule has 1 heterocycles. The number of carbonyl (C=O) groups is 1. The van der Waals surface area contributed by atoms with E-state index in [1.54, 1.807) is 19.4 Å². The molecule has 0 radical (unpaired) electrons. The molecule has 2 aromatic rings. The molecule has 2 rings (SSSR count). The fourth-order valence-corrected chi connectivity index (χ4v) is 3.12. The van der Waals surface area contributed by atoms with Crippen LogP contribution in [0.25, 0.3) is 0 Å². The van der Waals surface area contributed by atoms with Gasteiger partial charge in [-0.25, -0.2) is 13.4 Å². The van der Waals surface area contributed by atoms with Gasteiger partial charge in [0, 0.05) is 31.3 Å². The Morgan fingerprint density at radius 1 is 1.43 bits per heavy atom. The summed E-state index contributed by atoms with van der Waals surface area (Å²) in [5.41, 5.74) is 0.258. The first-order valence-electron chi connectivity index (χ1n) is 6.02. The summed E-state index contributed by atoms with van der Waals surface area (Å²) < 4.78 is 23.3. The first-order valence-corrected chi connectivity index (χ1v) is 8.29. The Morgan fingerprint density at radius 3 is 2.71 bits per heavy atom. The number of aromatic amines is 1. The number of hydrogen-bond acceptors (Lipinski definition) is 4. The Hall–Kier alpha value is -1.86. The van der Waals surface area contributed by atoms with Crippen LogP contribution in [0, 0.1) is 0 Å². The topological polar surface area (TPSA) is 83.1 Å². The van der Waals surface area contributed by atoms with Crippen LogP contribution in [-0.2, 0) is 16.4 Å². The average Bonchev–Trinajstić information content (AvgIpc) is 2.90. The fourth-order valence-electron chi connectivity index (χ4n) is 1.82. The third-order valence-corrected chi connectivity index (χ3v) is 4.44. The number of amides is 1. The van der Waals surface area contributed by atoms with Gasteiger partial charge in [-0.15, -0.1) is 0 Å². The van der Waals surface area contributed by atoms with Gasteiger partial charge in [0.2, 0.25) is 0 Å². The molecule has 1 aromatic heterocycles. The zero-order chi connectivity index (χ0) is 15.6. The first kappa shape index (κ1) is 15.5. The largest absolute Gasteiger partial charge is 0.347 e. The molecule has 1 aromatic carbocycles. The maximum absolute atomic E-state index is 12.3. The molecular weight excluding hydrogens is 314 g/mol. The van der Waals surface area contributed by atoms with Crippen molar-refractivity contribution in [2.24, 2.45) is 0 Å². The van der Waals surface area contributed by atoms with E-state index in [4.69, 9.17) is 11.6 Å². The van der Waals surface area contributed by atoms with E-state index >= 15 is 0 Å². The van der Waals surface area contributed by atoms with Gasteiger partial charge < -0.3 is 9.88 Å². The van der Waals surface area contributed by atoms with Gasteiger partial charge in [-0.2, -0.15) is 0 Å². The average molecular weight is 328 g/mol. The Morgan fingerprint density at radius 2 is 2.14 bits per heavy atom. The molecule has 0 atom stereocenters. The summed E-state index contributed by atoms with van der Waals surface area (Å²) in [6, 6.07) is 4.20. The maximum Gasteiger partial charge on any atom is 0.254 e. The first-order chi connectivity index (χ1) is 9.79. The van der Waals surface area contributed by atoms with Crippen molar-refractivity contribution in [2.75, 3.05) is 13.3 Å². The number of rotatable bonds is 4. The van der Waals surface area contributed by atoms with Crippen LogP contribution in [0.2, 0.25) is 5.02 Å². The lowest BCUT2D eigenvalue weighted by atomic mass is 10.2. The molecule has 0 aliphatic rings. The van der Waals surface area contributed by atoms with Crippen LogP contribution in [0.5, 0.6) is 0 Å². The fraction of sp³-hybridized carbons (Fsp3) is 0.231. The second-order valence-corrected chi connectivity index (χ2v) is 7.01. The predicted molar refractivity (Wildman–Crippen MR) is 78.9 cm³/mol. The maximum atomic E-state index is 12.3. The molecule has 0 unspecified atom stereocenters. The van der Waals surface area contributed by atoms with Crippen LogP contribution in [-0.4, -0.2) is 42.5 Å². The molecule has 6 nitrogen and oxygen atoms in total. The lowest BCUT2D eigenvalue weighted by molar-refractivity contribution is 0.0781. The number of carbonyl (C=O) groups excluding carboxylic acids is 1. The van der Waals surface area contributed by atoms with Gasteiger partial charge in [0.1, 0.15) is 5.82 Å². The van der Waals surface area contributed by atoms with Crippen LogP contribution in [0.15, 0.2) is 35.5 Å². The number of nitrogens with one attached hydrogen (secondary N) is 1. The lowest BCUT2D eigenvalue weighted by Gasteiger charge is -2.16. The highest BCUT2D eigenvalue weighted by Gasteiger charge is 2.18. The molecule has 0 aliphatic carbocycles. The van der Waals surface area contributed by atoms with Gasteiger partial charge in [-0.1, -0.05) is 11.6 Å². The van der Waals surface area contributed by atoms with Crippen LogP contribution in [0.3, 0.4) is 0 Å². The van der Waals surface area contributed by atoms with E-state index in [1.807, 2.05) is 0 Å². The Bertz CT molecular complexity index is 757. The minimum Gasteiger partial charge on any atom is -0.347 e. The second kappa shape index (κ2) is 5.87. The molecule has 0 saturated heterocycles. The molecule has 0 saturated carbocycles. The Labute approximate surface area is 127 Å². The van der Waals surface area contributed by atoms with E-state index in [0.29, 0.717) is 12.4 Å². The monoisotopic (exact) mass is 327 g/mol. The second-order valence-electron chi connectivity index (χ2n) is 4.61. The molecule has 0 fully saturated rings. The number of H-pyrrole nitrogens is 1. The van der Waals surface area contributed by atoms with Crippen LogP contribution in [0.4, 0.5) is 0 Å². The van der Waals surface area contributed by atoms with Gasteiger partial charge in [0.25, 0.3) is 5.91 Å². The third-order valence-electron chi connectivity index (χ3n) is 2.87. The highest BCUT2D eigenvalue weighted by molar-refractivity contribution is 7.90. The van der Waals surface area contributed by atoms with Crippen molar-refractivity contribution >= 4 is 27.3 Å². The molecule has 1 amide bonds. The normalized spacial score (nSPS) is 11.4. The van der Waals surface area contributed by atoms with Gasteiger partial charge >= 0.3 is 0 Å². The lowest BCUT2D eigenvalue weighted by Crippen LogP contribution is -2.26. The number of halogens is 1. The van der Waals surface area contributed by atoms with E-state index in [-0.39, 0.29) is 21.4 Å². The number of nitrogens with zero attached hydrogens (tertiary/aromatic N) is 2. The van der Waals surface area contributed by atoms with Crippen LogP contribution < -0.4 is 0 Å². The van der Waals surface area contributed by atoms with Gasteiger partial charge in [-0.05, 0) is 18.2 Å². The smallest absolute Gasteiger partial charge is 0.254 e. The SMILES string of the molecule is CN(Cc1ncc[nH]1)C(=O)c1ccc(Cl)c(S(C)(=O)=O)c1. The van der Waals surface area contributed by atoms with Gasteiger partial charge in [0.05, 0.1) is 16.5 Å². The highest BCUT2D eigenvalue weighted by Crippen LogP contribution is 2.23. The number of benzene rings is 1. The molecule has 0 aliphatic heterocycles. The summed E-state index contributed by atoms with van der Waals surface area (Å²) >= 11 is 5.86. The number of imidazole rings is 1. The van der Waals surface area contributed by atoms with Crippen molar-refractivity contribution in [3.8, 4) is 0 Å². The Kier molecular flexibility index (Phi) is 4.34. The molecule has 0 spiro atoms. The van der Waals surface area contributed by atoms with Crippen molar-refractivity contribution in [1.29, 1.82) is 0 Å². The zero-order valence-corrected chi connectivity index (χ0v) is 13.1. The number of hydrogen-bond donors (Lipinski definition) is 1. The van der Waals surface area contributed by atoms with E-state index in [9.17, 15) is 13.2 Å². The minimum atomic E-state index is -3.49. The van der Waals surface area contributed by atoms with Gasteiger partial charge in [-0.3, -0.25) is 4.79 Å². The molecule has 8 heteroatoms. The number of sulfone groups is 1. The predicted octanol–water partition coefficient (Wildman–Crippen LogP) is 1.74. The van der Waals surface area contributed by atoms with E-state index in [2.05, 4.69) is 9.97 Å². The van der Waals surface area contributed by atoms with E-state index in [0.717, 1.165) is 6.26 Å². The van der Waals surface area contributed by atoms with Crippen molar-refractivity contribution < 1.29 is 13.2 Å². The van der Waals surface area contributed by atoms with Gasteiger partial charge in [0.15, 0.2) is 9.84 Å². The van der Waals surface area contributed by atoms with E-state index in [1.165, 1.54) is 23.1 Å². The highest BCUT2D eigenvalue weighted by atomic mass is 35.5. The van der Waals surface area contributed by atoms with Crippen molar-refractivity contribution in [3.05, 3.63) is 47.0 Å². The molecule has 0 bridgehead atoms. The zero-order valence-electron chi connectivity index (χ0n) is 11.5. The standard InChI is InChI=1S/C13H14ClN3O3S/c1-17(8-12-15-5-6-16-12)13(18)9-3-4-10(14)11(7-9)21(2,19)20/h3-7H,8H2,1-2H3,(H,15,16). The molecule has 1 N–H and O–H groups in total. The van der Waals surface area contributed by atoms with Crippen molar-refractivity contribution in [3.63, 3.8) is 0 Å².